The zero-order valence-corrected chi connectivity index (χ0v) is 10.6. The molecular weight excluding hydrogens is 208 g/mol. The zero-order valence-electron chi connectivity index (χ0n) is 9.84. The van der Waals surface area contributed by atoms with E-state index in [-0.39, 0.29) is 5.41 Å². The van der Waals surface area contributed by atoms with Crippen LogP contribution in [0.1, 0.15) is 27.7 Å². The first kappa shape index (κ1) is 12.3. The Labute approximate surface area is 97.1 Å². The molecule has 0 atom stereocenters. The van der Waals surface area contributed by atoms with Gasteiger partial charge in [0.1, 0.15) is 5.82 Å². The molecule has 1 aromatic rings. The topological polar surface area (TPSA) is 24.9 Å². The van der Waals surface area contributed by atoms with Gasteiger partial charge in [-0.1, -0.05) is 39.3 Å². The number of nitrogens with one attached hydrogen (secondary N) is 1. The van der Waals surface area contributed by atoms with Gasteiger partial charge in [-0.3, -0.25) is 0 Å². The summed E-state index contributed by atoms with van der Waals surface area (Å²) >= 11 is 6.01. The van der Waals surface area contributed by atoms with Gasteiger partial charge in [0.15, 0.2) is 0 Å². The van der Waals surface area contributed by atoms with E-state index in [1.54, 1.807) is 6.20 Å². The van der Waals surface area contributed by atoms with E-state index in [4.69, 9.17) is 11.6 Å². The molecule has 0 bridgehead atoms. The van der Waals surface area contributed by atoms with Gasteiger partial charge in [0.05, 0.1) is 5.02 Å². The minimum absolute atomic E-state index is 0.237. The van der Waals surface area contributed by atoms with Crippen LogP contribution in [0.25, 0.3) is 0 Å². The van der Waals surface area contributed by atoms with Crippen molar-refractivity contribution in [1.82, 2.24) is 4.98 Å². The molecule has 0 aliphatic heterocycles. The fourth-order valence-electron chi connectivity index (χ4n) is 1.03. The summed E-state index contributed by atoms with van der Waals surface area (Å²) in [4.78, 5) is 4.20. The average molecular weight is 227 g/mol. The molecule has 0 aromatic carbocycles. The van der Waals surface area contributed by atoms with E-state index >= 15 is 0 Å². The highest BCUT2D eigenvalue weighted by atomic mass is 35.5. The minimum atomic E-state index is 0.237. The number of anilines is 1. The van der Waals surface area contributed by atoms with Crippen molar-refractivity contribution in [3.63, 3.8) is 0 Å². The van der Waals surface area contributed by atoms with Gasteiger partial charge in [-0.05, 0) is 23.5 Å². The molecule has 3 heteroatoms. The average Bonchev–Trinajstić information content (AvgIpc) is 2.16. The Hall–Kier alpha value is -0.760. The van der Waals surface area contributed by atoms with Crippen LogP contribution in [0.5, 0.6) is 0 Å². The molecular formula is C12H19ClN2. The predicted octanol–water partition coefficient (Wildman–Crippen LogP) is 3.83. The SMILES string of the molecule is CC(C)C(C)(C)CNc1ncccc1Cl. The lowest BCUT2D eigenvalue weighted by Gasteiger charge is -2.29. The Kier molecular flexibility index (Phi) is 3.97. The molecule has 2 nitrogen and oxygen atoms in total. The highest BCUT2D eigenvalue weighted by Gasteiger charge is 2.22. The van der Waals surface area contributed by atoms with Gasteiger partial charge in [0.2, 0.25) is 0 Å². The van der Waals surface area contributed by atoms with E-state index in [1.165, 1.54) is 0 Å². The molecule has 1 N–H and O–H groups in total. The zero-order chi connectivity index (χ0) is 11.5. The third kappa shape index (κ3) is 3.38. The molecule has 1 aromatic heterocycles. The second-order valence-corrected chi connectivity index (χ2v) is 5.24. The highest BCUT2D eigenvalue weighted by Crippen LogP contribution is 2.27. The fourth-order valence-corrected chi connectivity index (χ4v) is 1.22. The van der Waals surface area contributed by atoms with Crippen LogP contribution < -0.4 is 5.32 Å². The number of rotatable bonds is 4. The van der Waals surface area contributed by atoms with Crippen molar-refractivity contribution >= 4 is 17.4 Å². The monoisotopic (exact) mass is 226 g/mol. The number of hydrogen-bond acceptors (Lipinski definition) is 2. The van der Waals surface area contributed by atoms with Crippen molar-refractivity contribution in [2.75, 3.05) is 11.9 Å². The summed E-state index contributed by atoms with van der Waals surface area (Å²) < 4.78 is 0. The van der Waals surface area contributed by atoms with Gasteiger partial charge in [0.25, 0.3) is 0 Å². The molecule has 0 fully saturated rings. The van der Waals surface area contributed by atoms with E-state index < -0.39 is 0 Å². The van der Waals surface area contributed by atoms with Crippen LogP contribution in [0.3, 0.4) is 0 Å². The first-order valence-corrected chi connectivity index (χ1v) is 5.65. The van der Waals surface area contributed by atoms with E-state index in [2.05, 4.69) is 38.0 Å². The lowest BCUT2D eigenvalue weighted by molar-refractivity contribution is 0.269. The molecule has 0 amide bonds. The Bertz CT molecular complexity index is 321. The third-order valence-corrected chi connectivity index (χ3v) is 3.34. The van der Waals surface area contributed by atoms with Crippen LogP contribution in [-0.2, 0) is 0 Å². The van der Waals surface area contributed by atoms with Crippen LogP contribution in [0.2, 0.25) is 5.02 Å². The van der Waals surface area contributed by atoms with Crippen molar-refractivity contribution in [1.29, 1.82) is 0 Å². The summed E-state index contributed by atoms with van der Waals surface area (Å²) in [5.74, 6) is 1.39. The molecule has 0 unspecified atom stereocenters. The summed E-state index contributed by atoms with van der Waals surface area (Å²) in [7, 11) is 0. The van der Waals surface area contributed by atoms with Crippen LogP contribution in [0.4, 0.5) is 5.82 Å². The quantitative estimate of drug-likeness (QED) is 0.844. The second kappa shape index (κ2) is 4.84. The molecule has 0 spiro atoms. The number of halogens is 1. The first-order chi connectivity index (χ1) is 6.93. The summed E-state index contributed by atoms with van der Waals surface area (Å²) in [5, 5.41) is 3.97. The summed E-state index contributed by atoms with van der Waals surface area (Å²) in [6, 6.07) is 3.68. The Morgan fingerprint density at radius 3 is 2.67 bits per heavy atom. The molecule has 84 valence electrons. The summed E-state index contributed by atoms with van der Waals surface area (Å²) in [6.07, 6.45) is 1.75. The lowest BCUT2D eigenvalue weighted by Crippen LogP contribution is -2.28. The van der Waals surface area contributed by atoms with Crippen molar-refractivity contribution in [3.05, 3.63) is 23.4 Å². The smallest absolute Gasteiger partial charge is 0.144 e. The lowest BCUT2D eigenvalue weighted by atomic mass is 9.81. The van der Waals surface area contributed by atoms with Gasteiger partial charge < -0.3 is 5.32 Å². The van der Waals surface area contributed by atoms with Crippen molar-refractivity contribution in [2.24, 2.45) is 11.3 Å². The Morgan fingerprint density at radius 2 is 2.13 bits per heavy atom. The van der Waals surface area contributed by atoms with Crippen LogP contribution in [0, 0.1) is 11.3 Å². The molecule has 1 heterocycles. The van der Waals surface area contributed by atoms with E-state index in [1.807, 2.05) is 12.1 Å². The van der Waals surface area contributed by atoms with Crippen molar-refractivity contribution < 1.29 is 0 Å². The predicted molar refractivity (Wildman–Crippen MR) is 66.4 cm³/mol. The Morgan fingerprint density at radius 1 is 1.47 bits per heavy atom. The van der Waals surface area contributed by atoms with Gasteiger partial charge in [0, 0.05) is 12.7 Å². The largest absolute Gasteiger partial charge is 0.368 e. The van der Waals surface area contributed by atoms with E-state index in [9.17, 15) is 0 Å². The second-order valence-electron chi connectivity index (χ2n) is 4.83. The van der Waals surface area contributed by atoms with Crippen LogP contribution >= 0.6 is 11.6 Å². The van der Waals surface area contributed by atoms with E-state index in [0.29, 0.717) is 10.9 Å². The number of pyridine rings is 1. The maximum Gasteiger partial charge on any atom is 0.144 e. The van der Waals surface area contributed by atoms with Crippen LogP contribution in [0.15, 0.2) is 18.3 Å². The van der Waals surface area contributed by atoms with E-state index in [0.717, 1.165) is 12.4 Å². The van der Waals surface area contributed by atoms with Crippen molar-refractivity contribution in [2.45, 2.75) is 27.7 Å². The number of aromatic nitrogens is 1. The summed E-state index contributed by atoms with van der Waals surface area (Å²) in [5.41, 5.74) is 0.237. The third-order valence-electron chi connectivity index (χ3n) is 3.03. The van der Waals surface area contributed by atoms with Crippen molar-refractivity contribution in [3.8, 4) is 0 Å². The minimum Gasteiger partial charge on any atom is -0.368 e. The van der Waals surface area contributed by atoms with Gasteiger partial charge in [-0.2, -0.15) is 0 Å². The Balaban J connectivity index is 2.62. The highest BCUT2D eigenvalue weighted by molar-refractivity contribution is 6.32. The maximum atomic E-state index is 6.01. The molecule has 0 saturated heterocycles. The molecule has 1 rings (SSSR count). The number of nitrogens with zero attached hydrogens (tertiary/aromatic N) is 1. The standard InChI is InChI=1S/C12H19ClN2/c1-9(2)12(3,4)8-15-11-10(13)6-5-7-14-11/h5-7,9H,8H2,1-4H3,(H,14,15). The molecule has 0 saturated carbocycles. The molecule has 0 aliphatic rings. The van der Waals surface area contributed by atoms with Gasteiger partial charge in [-0.25, -0.2) is 4.98 Å². The van der Waals surface area contributed by atoms with Gasteiger partial charge >= 0.3 is 0 Å². The number of hydrogen-bond donors (Lipinski definition) is 1. The molecule has 15 heavy (non-hydrogen) atoms. The molecule has 0 radical (unpaired) electrons. The molecule has 0 aliphatic carbocycles. The normalized spacial score (nSPS) is 11.9. The first-order valence-electron chi connectivity index (χ1n) is 5.28. The maximum absolute atomic E-state index is 6.01. The van der Waals surface area contributed by atoms with Crippen LogP contribution in [-0.4, -0.2) is 11.5 Å². The fraction of sp³-hybridized carbons (Fsp3) is 0.583. The van der Waals surface area contributed by atoms with Gasteiger partial charge in [-0.15, -0.1) is 0 Å². The summed E-state index contributed by atoms with van der Waals surface area (Å²) in [6.45, 7) is 9.80.